The highest BCUT2D eigenvalue weighted by Crippen LogP contribution is 2.39. The van der Waals surface area contributed by atoms with Crippen molar-refractivity contribution in [3.05, 3.63) is 65.2 Å². The fourth-order valence-electron chi connectivity index (χ4n) is 4.41. The summed E-state index contributed by atoms with van der Waals surface area (Å²) < 4.78 is 6.54. The number of hydrogen-bond acceptors (Lipinski definition) is 3. The third-order valence-corrected chi connectivity index (χ3v) is 5.61. The van der Waals surface area contributed by atoms with Crippen LogP contribution in [0.3, 0.4) is 0 Å². The molecule has 3 nitrogen and oxygen atoms in total. The van der Waals surface area contributed by atoms with Gasteiger partial charge in [0.15, 0.2) is 0 Å². The third-order valence-electron chi connectivity index (χ3n) is 5.61. The Hall–Kier alpha value is -2.13. The second-order valence-corrected chi connectivity index (χ2v) is 7.63. The van der Waals surface area contributed by atoms with Crippen LogP contribution < -0.4 is 4.74 Å². The Bertz CT molecular complexity index is 779. The van der Waals surface area contributed by atoms with Gasteiger partial charge < -0.3 is 4.74 Å². The first-order valence-electron chi connectivity index (χ1n) is 9.77. The average Bonchev–Trinajstić information content (AvgIpc) is 3.01. The largest absolute Gasteiger partial charge is 0.484 e. The Morgan fingerprint density at radius 1 is 1.08 bits per heavy atom. The number of benzene rings is 2. The third kappa shape index (κ3) is 3.68. The predicted octanol–water partition coefficient (Wildman–Crippen LogP) is 4.35. The van der Waals surface area contributed by atoms with Crippen LogP contribution in [0.25, 0.3) is 0 Å². The number of nitrogens with zero attached hydrogens (tertiary/aromatic N) is 1. The van der Waals surface area contributed by atoms with Crippen LogP contribution in [0.15, 0.2) is 48.5 Å². The van der Waals surface area contributed by atoms with Crippen LogP contribution in [0, 0.1) is 0 Å². The van der Waals surface area contributed by atoms with Gasteiger partial charge in [0.05, 0.1) is 6.04 Å². The van der Waals surface area contributed by atoms with Crippen molar-refractivity contribution in [3.63, 3.8) is 0 Å². The number of Topliss-reactive ketones (excluding diaryl/α,β-unsaturated/α-hetero) is 1. The minimum atomic E-state index is 0.0666. The van der Waals surface area contributed by atoms with E-state index in [2.05, 4.69) is 29.2 Å². The fraction of sp³-hybridized carbons (Fsp3) is 0.435. The van der Waals surface area contributed by atoms with Crippen LogP contribution in [0.1, 0.15) is 49.0 Å². The van der Waals surface area contributed by atoms with Crippen LogP contribution in [-0.4, -0.2) is 29.8 Å². The smallest absolute Gasteiger partial charge is 0.140 e. The van der Waals surface area contributed by atoms with E-state index in [1.807, 2.05) is 24.3 Å². The van der Waals surface area contributed by atoms with Gasteiger partial charge in [0.25, 0.3) is 0 Å². The highest BCUT2D eigenvalue weighted by Gasteiger charge is 2.38. The number of piperidine rings is 1. The molecule has 0 bridgehead atoms. The molecule has 3 heteroatoms. The zero-order valence-corrected chi connectivity index (χ0v) is 15.5. The van der Waals surface area contributed by atoms with E-state index >= 15 is 0 Å². The van der Waals surface area contributed by atoms with Crippen molar-refractivity contribution in [2.45, 2.75) is 51.2 Å². The molecule has 0 spiro atoms. The summed E-state index contributed by atoms with van der Waals surface area (Å²) in [6.45, 7) is 3.97. The summed E-state index contributed by atoms with van der Waals surface area (Å²) in [7, 11) is 0. The van der Waals surface area contributed by atoms with Crippen molar-refractivity contribution in [2.24, 2.45) is 0 Å². The summed E-state index contributed by atoms with van der Waals surface area (Å²) in [6, 6.07) is 17.1. The monoisotopic (exact) mass is 349 g/mol. The van der Waals surface area contributed by atoms with E-state index in [1.54, 1.807) is 6.92 Å². The first kappa shape index (κ1) is 17.3. The molecule has 136 valence electrons. The molecule has 2 aliphatic rings. The summed E-state index contributed by atoms with van der Waals surface area (Å²) in [5.74, 6) is 1.05. The van der Waals surface area contributed by atoms with Gasteiger partial charge in [-0.25, -0.2) is 0 Å². The van der Waals surface area contributed by atoms with Gasteiger partial charge in [-0.1, -0.05) is 42.8 Å². The standard InChI is InChI=1S/C23H27NO2/c1-17(25)14-18-8-7-10-20(15-18)26-23-21-11-4-3-9-19(21)16-22(23)24-12-5-2-6-13-24/h3-4,7-11,15,22-23H,2,5-6,12-14,16H2,1H3. The normalized spacial score (nSPS) is 22.8. The van der Waals surface area contributed by atoms with Crippen LogP contribution in [0.4, 0.5) is 0 Å². The van der Waals surface area contributed by atoms with Gasteiger partial charge in [0, 0.05) is 6.42 Å². The second kappa shape index (κ2) is 7.63. The molecule has 2 atom stereocenters. The van der Waals surface area contributed by atoms with E-state index in [0.717, 1.165) is 17.7 Å². The van der Waals surface area contributed by atoms with Gasteiger partial charge in [-0.3, -0.25) is 9.69 Å². The van der Waals surface area contributed by atoms with Crippen molar-refractivity contribution in [2.75, 3.05) is 13.1 Å². The van der Waals surface area contributed by atoms with Crippen LogP contribution in [-0.2, 0) is 17.6 Å². The van der Waals surface area contributed by atoms with E-state index in [4.69, 9.17) is 4.74 Å². The van der Waals surface area contributed by atoms with Crippen LogP contribution in [0.5, 0.6) is 5.75 Å². The van der Waals surface area contributed by atoms with E-state index in [1.165, 1.54) is 43.5 Å². The number of carbonyl (C=O) groups excluding carboxylic acids is 1. The highest BCUT2D eigenvalue weighted by molar-refractivity contribution is 5.78. The predicted molar refractivity (Wildman–Crippen MR) is 104 cm³/mol. The number of ether oxygens (including phenoxy) is 1. The van der Waals surface area contributed by atoms with Gasteiger partial charge in [0.2, 0.25) is 0 Å². The quantitative estimate of drug-likeness (QED) is 0.804. The number of likely N-dealkylation sites (tertiary alicyclic amines) is 1. The molecule has 2 aromatic carbocycles. The van der Waals surface area contributed by atoms with E-state index in [-0.39, 0.29) is 11.9 Å². The topological polar surface area (TPSA) is 29.5 Å². The molecule has 1 aliphatic carbocycles. The first-order chi connectivity index (χ1) is 12.7. The van der Waals surface area contributed by atoms with Gasteiger partial charge in [-0.05, 0) is 68.1 Å². The molecule has 26 heavy (non-hydrogen) atoms. The lowest BCUT2D eigenvalue weighted by atomic mass is 10.0. The van der Waals surface area contributed by atoms with Crippen molar-refractivity contribution in [1.82, 2.24) is 4.90 Å². The molecule has 2 aromatic rings. The maximum absolute atomic E-state index is 11.4. The second-order valence-electron chi connectivity index (χ2n) is 7.63. The molecular formula is C23H27NO2. The van der Waals surface area contributed by atoms with Crippen molar-refractivity contribution in [1.29, 1.82) is 0 Å². The minimum absolute atomic E-state index is 0.0666. The molecule has 4 rings (SSSR count). The molecule has 1 heterocycles. The summed E-state index contributed by atoms with van der Waals surface area (Å²) in [5.41, 5.74) is 3.75. The maximum atomic E-state index is 11.4. The van der Waals surface area contributed by atoms with Gasteiger partial charge >= 0.3 is 0 Å². The highest BCUT2D eigenvalue weighted by atomic mass is 16.5. The minimum Gasteiger partial charge on any atom is -0.484 e. The molecule has 1 fully saturated rings. The lowest BCUT2D eigenvalue weighted by Crippen LogP contribution is -2.43. The van der Waals surface area contributed by atoms with Gasteiger partial charge in [0.1, 0.15) is 17.6 Å². The number of rotatable bonds is 5. The van der Waals surface area contributed by atoms with E-state index < -0.39 is 0 Å². The Morgan fingerprint density at radius 2 is 1.88 bits per heavy atom. The zero-order chi connectivity index (χ0) is 17.9. The SMILES string of the molecule is CC(=O)Cc1cccc(OC2c3ccccc3CC2N2CCCCC2)c1. The Morgan fingerprint density at radius 3 is 2.69 bits per heavy atom. The summed E-state index contributed by atoms with van der Waals surface area (Å²) in [6.07, 6.45) is 5.51. The van der Waals surface area contributed by atoms with Gasteiger partial charge in [-0.15, -0.1) is 0 Å². The van der Waals surface area contributed by atoms with Crippen LogP contribution >= 0.6 is 0 Å². The summed E-state index contributed by atoms with van der Waals surface area (Å²) in [5, 5.41) is 0. The fourth-order valence-corrected chi connectivity index (χ4v) is 4.41. The summed E-state index contributed by atoms with van der Waals surface area (Å²) >= 11 is 0. The number of hydrogen-bond donors (Lipinski definition) is 0. The van der Waals surface area contributed by atoms with Crippen molar-refractivity contribution in [3.8, 4) is 5.75 Å². The Kier molecular flexibility index (Phi) is 5.07. The van der Waals surface area contributed by atoms with E-state index in [9.17, 15) is 4.79 Å². The lowest BCUT2D eigenvalue weighted by Gasteiger charge is -2.35. The zero-order valence-electron chi connectivity index (χ0n) is 15.5. The van der Waals surface area contributed by atoms with Crippen LogP contribution in [0.2, 0.25) is 0 Å². The number of ketones is 1. The number of carbonyl (C=O) groups is 1. The molecule has 0 aromatic heterocycles. The molecule has 0 N–H and O–H groups in total. The first-order valence-corrected chi connectivity index (χ1v) is 9.77. The lowest BCUT2D eigenvalue weighted by molar-refractivity contribution is -0.116. The molecule has 0 saturated carbocycles. The molecule has 1 saturated heterocycles. The van der Waals surface area contributed by atoms with Crippen molar-refractivity contribution >= 4 is 5.78 Å². The molecule has 0 amide bonds. The maximum Gasteiger partial charge on any atom is 0.140 e. The Labute approximate surface area is 156 Å². The van der Waals surface area contributed by atoms with E-state index in [0.29, 0.717) is 12.5 Å². The molecule has 1 aliphatic heterocycles. The van der Waals surface area contributed by atoms with Crippen molar-refractivity contribution < 1.29 is 9.53 Å². The number of fused-ring (bicyclic) bond motifs is 1. The molecule has 2 unspecified atom stereocenters. The average molecular weight is 349 g/mol. The molecular weight excluding hydrogens is 322 g/mol. The summed E-state index contributed by atoms with van der Waals surface area (Å²) in [4.78, 5) is 14.1. The van der Waals surface area contributed by atoms with Gasteiger partial charge in [-0.2, -0.15) is 0 Å². The molecule has 0 radical (unpaired) electrons. The Balaban J connectivity index is 1.60.